The van der Waals surface area contributed by atoms with E-state index in [1.54, 1.807) is 0 Å². The van der Waals surface area contributed by atoms with Gasteiger partial charge in [0.15, 0.2) is 0 Å². The van der Waals surface area contributed by atoms with Gasteiger partial charge < -0.3 is 15.5 Å². The minimum absolute atomic E-state index is 0.0531. The highest BCUT2D eigenvalue weighted by Crippen LogP contribution is 2.31. The molecule has 0 amide bonds. The summed E-state index contributed by atoms with van der Waals surface area (Å²) < 4.78 is 0. The molecule has 3 N–H and O–H groups in total. The van der Waals surface area contributed by atoms with Crippen LogP contribution in [-0.2, 0) is 0 Å². The van der Waals surface area contributed by atoms with Crippen molar-refractivity contribution >= 4 is 23.4 Å². The third kappa shape index (κ3) is 2.68. The van der Waals surface area contributed by atoms with Crippen LogP contribution in [0.15, 0.2) is 12.1 Å². The van der Waals surface area contributed by atoms with Gasteiger partial charge in [-0.15, -0.1) is 0 Å². The van der Waals surface area contributed by atoms with Gasteiger partial charge in [-0.25, -0.2) is 9.78 Å². The minimum Gasteiger partial charge on any atom is -0.478 e. The average Bonchev–Trinajstić information content (AvgIpc) is 2.23. The van der Waals surface area contributed by atoms with Crippen molar-refractivity contribution in [2.75, 3.05) is 11.9 Å². The maximum atomic E-state index is 11.0. The molecule has 0 atom stereocenters. The van der Waals surface area contributed by atoms with Gasteiger partial charge in [0.25, 0.3) is 0 Å². The van der Waals surface area contributed by atoms with E-state index in [1.165, 1.54) is 12.1 Å². The molecule has 0 aromatic carbocycles. The quantitative estimate of drug-likeness (QED) is 0.715. The van der Waals surface area contributed by atoms with Crippen LogP contribution in [0.25, 0.3) is 0 Å². The van der Waals surface area contributed by atoms with E-state index in [0.29, 0.717) is 6.54 Å². The summed E-state index contributed by atoms with van der Waals surface area (Å²) in [5, 5.41) is 21.9. The number of anilines is 1. The van der Waals surface area contributed by atoms with E-state index in [4.69, 9.17) is 16.7 Å². The molecule has 1 aromatic rings. The molecule has 0 spiro atoms. The molecule has 1 saturated carbocycles. The van der Waals surface area contributed by atoms with Crippen LogP contribution in [0.1, 0.15) is 29.6 Å². The van der Waals surface area contributed by atoms with Gasteiger partial charge in [-0.1, -0.05) is 11.6 Å². The van der Waals surface area contributed by atoms with Gasteiger partial charge in [-0.2, -0.15) is 0 Å². The number of halogens is 1. The zero-order valence-corrected chi connectivity index (χ0v) is 9.87. The van der Waals surface area contributed by atoms with Gasteiger partial charge >= 0.3 is 5.97 Å². The maximum absolute atomic E-state index is 11.0. The van der Waals surface area contributed by atoms with Crippen molar-refractivity contribution in [2.45, 2.75) is 24.9 Å². The van der Waals surface area contributed by atoms with Crippen molar-refractivity contribution in [1.29, 1.82) is 0 Å². The molecule has 2 rings (SSSR count). The number of carboxylic acid groups (broad SMARTS) is 1. The highest BCUT2D eigenvalue weighted by molar-refractivity contribution is 6.29. The first-order valence-electron chi connectivity index (χ1n) is 5.36. The van der Waals surface area contributed by atoms with E-state index < -0.39 is 11.6 Å². The zero-order chi connectivity index (χ0) is 12.5. The van der Waals surface area contributed by atoms with Gasteiger partial charge in [-0.05, 0) is 31.4 Å². The maximum Gasteiger partial charge on any atom is 0.339 e. The molecule has 5 nitrogen and oxygen atoms in total. The molecule has 0 aliphatic heterocycles. The largest absolute Gasteiger partial charge is 0.478 e. The molecule has 1 aliphatic rings. The Hall–Kier alpha value is -1.33. The second-order valence-corrected chi connectivity index (χ2v) is 4.65. The normalized spacial score (nSPS) is 17.3. The fourth-order valence-corrected chi connectivity index (χ4v) is 1.90. The van der Waals surface area contributed by atoms with E-state index >= 15 is 0 Å². The summed E-state index contributed by atoms with van der Waals surface area (Å²) in [7, 11) is 0. The summed E-state index contributed by atoms with van der Waals surface area (Å²) in [6.07, 6.45) is 2.44. The number of hydrogen-bond acceptors (Lipinski definition) is 4. The predicted molar refractivity (Wildman–Crippen MR) is 63.5 cm³/mol. The molecule has 0 bridgehead atoms. The van der Waals surface area contributed by atoms with Crippen LogP contribution in [0.3, 0.4) is 0 Å². The lowest BCUT2D eigenvalue weighted by Crippen LogP contribution is -2.43. The van der Waals surface area contributed by atoms with Gasteiger partial charge in [0, 0.05) is 6.54 Å². The number of pyridine rings is 1. The van der Waals surface area contributed by atoms with Crippen LogP contribution in [0, 0.1) is 0 Å². The van der Waals surface area contributed by atoms with E-state index in [2.05, 4.69) is 10.3 Å². The zero-order valence-electron chi connectivity index (χ0n) is 9.11. The first-order valence-corrected chi connectivity index (χ1v) is 5.74. The second-order valence-electron chi connectivity index (χ2n) is 4.27. The first kappa shape index (κ1) is 12.1. The summed E-state index contributed by atoms with van der Waals surface area (Å²) in [6.45, 7) is 0.292. The van der Waals surface area contributed by atoms with E-state index in [-0.39, 0.29) is 16.5 Å². The summed E-state index contributed by atoms with van der Waals surface area (Å²) in [4.78, 5) is 14.9. The number of aromatic carboxylic acids is 1. The van der Waals surface area contributed by atoms with Gasteiger partial charge in [0.05, 0.1) is 5.60 Å². The Labute approximate surface area is 103 Å². The number of carbonyl (C=O) groups is 1. The molecule has 1 heterocycles. The van der Waals surface area contributed by atoms with Crippen molar-refractivity contribution in [3.05, 3.63) is 22.8 Å². The smallest absolute Gasteiger partial charge is 0.339 e. The van der Waals surface area contributed by atoms with Crippen LogP contribution in [0.2, 0.25) is 5.15 Å². The number of nitrogens with one attached hydrogen (secondary N) is 1. The minimum atomic E-state index is -1.07. The lowest BCUT2D eigenvalue weighted by atomic mass is 9.80. The average molecular weight is 257 g/mol. The van der Waals surface area contributed by atoms with Crippen LogP contribution < -0.4 is 5.32 Å². The number of nitrogens with zero attached hydrogens (tertiary/aromatic N) is 1. The van der Waals surface area contributed by atoms with Crippen LogP contribution in [0.4, 0.5) is 5.82 Å². The van der Waals surface area contributed by atoms with Crippen molar-refractivity contribution in [3.8, 4) is 0 Å². The SMILES string of the molecule is O=C(O)c1ccc(Cl)nc1NCC1(O)CCC1. The monoisotopic (exact) mass is 256 g/mol. The molecule has 6 heteroatoms. The topological polar surface area (TPSA) is 82.5 Å². The molecule has 1 aliphatic carbocycles. The van der Waals surface area contributed by atoms with E-state index in [0.717, 1.165) is 19.3 Å². The molecule has 1 fully saturated rings. The fourth-order valence-electron chi connectivity index (χ4n) is 1.75. The molecule has 1 aromatic heterocycles. The Kier molecular flexibility index (Phi) is 3.22. The molecular formula is C11H13ClN2O3. The van der Waals surface area contributed by atoms with Crippen molar-refractivity contribution in [3.63, 3.8) is 0 Å². The van der Waals surface area contributed by atoms with Crippen LogP contribution in [-0.4, -0.2) is 33.3 Å². The van der Waals surface area contributed by atoms with Gasteiger partial charge in [0.2, 0.25) is 0 Å². The van der Waals surface area contributed by atoms with Crippen LogP contribution >= 0.6 is 11.6 Å². The van der Waals surface area contributed by atoms with Crippen molar-refractivity contribution < 1.29 is 15.0 Å². The third-order valence-electron chi connectivity index (χ3n) is 2.96. The lowest BCUT2D eigenvalue weighted by Gasteiger charge is -2.36. The molecular weight excluding hydrogens is 244 g/mol. The van der Waals surface area contributed by atoms with Crippen molar-refractivity contribution in [2.24, 2.45) is 0 Å². The predicted octanol–water partition coefficient (Wildman–Crippen LogP) is 1.76. The molecule has 0 saturated heterocycles. The second kappa shape index (κ2) is 4.50. The standard InChI is InChI=1S/C11H13ClN2O3/c12-8-3-2-7(10(15)16)9(14-8)13-6-11(17)4-1-5-11/h2-3,17H,1,4-6H2,(H,13,14)(H,15,16). The summed E-state index contributed by atoms with van der Waals surface area (Å²) >= 11 is 5.71. The van der Waals surface area contributed by atoms with E-state index in [9.17, 15) is 9.90 Å². The van der Waals surface area contributed by atoms with Crippen LogP contribution in [0.5, 0.6) is 0 Å². The number of aliphatic hydroxyl groups is 1. The summed E-state index contributed by atoms with van der Waals surface area (Å²) in [6, 6.07) is 2.82. The molecule has 92 valence electrons. The van der Waals surface area contributed by atoms with Crippen molar-refractivity contribution in [1.82, 2.24) is 4.98 Å². The molecule has 17 heavy (non-hydrogen) atoms. The number of rotatable bonds is 4. The fraction of sp³-hybridized carbons (Fsp3) is 0.455. The Balaban J connectivity index is 2.13. The Morgan fingerprint density at radius 1 is 1.53 bits per heavy atom. The lowest BCUT2D eigenvalue weighted by molar-refractivity contribution is -0.0202. The summed E-state index contributed by atoms with van der Waals surface area (Å²) in [5.41, 5.74) is -0.683. The van der Waals surface area contributed by atoms with Gasteiger partial charge in [-0.3, -0.25) is 0 Å². The third-order valence-corrected chi connectivity index (χ3v) is 3.17. The molecule has 0 radical (unpaired) electrons. The Morgan fingerprint density at radius 3 is 2.76 bits per heavy atom. The Morgan fingerprint density at radius 2 is 2.24 bits per heavy atom. The number of aromatic nitrogens is 1. The first-order chi connectivity index (χ1) is 8.00. The number of carboxylic acids is 1. The van der Waals surface area contributed by atoms with Gasteiger partial charge in [0.1, 0.15) is 16.5 Å². The Bertz CT molecular complexity index is 446. The molecule has 0 unspecified atom stereocenters. The highest BCUT2D eigenvalue weighted by atomic mass is 35.5. The van der Waals surface area contributed by atoms with E-state index in [1.807, 2.05) is 0 Å². The number of hydrogen-bond donors (Lipinski definition) is 3. The summed E-state index contributed by atoms with van der Waals surface area (Å²) in [5.74, 6) is -0.873. The highest BCUT2D eigenvalue weighted by Gasteiger charge is 2.34.